The van der Waals surface area contributed by atoms with Crippen LogP contribution in [0, 0.1) is 5.92 Å². The number of likely N-dealkylation sites (tertiary alicyclic amines) is 1. The van der Waals surface area contributed by atoms with E-state index in [0.29, 0.717) is 32.5 Å². The monoisotopic (exact) mass is 277 g/mol. The Bertz CT molecular complexity index is 456. The van der Waals surface area contributed by atoms with Crippen molar-refractivity contribution < 1.29 is 14.3 Å². The second kappa shape index (κ2) is 6.88. The molecule has 1 aliphatic heterocycles. The number of aromatic nitrogens is 1. The second-order valence-corrected chi connectivity index (χ2v) is 4.80. The first kappa shape index (κ1) is 14.3. The van der Waals surface area contributed by atoms with Gasteiger partial charge in [0.05, 0.1) is 7.11 Å². The van der Waals surface area contributed by atoms with Gasteiger partial charge >= 0.3 is 6.09 Å². The molecule has 0 aromatic carbocycles. The molecule has 0 spiro atoms. The van der Waals surface area contributed by atoms with Crippen molar-refractivity contribution in [2.24, 2.45) is 5.92 Å². The van der Waals surface area contributed by atoms with Gasteiger partial charge in [0, 0.05) is 37.9 Å². The number of rotatable bonds is 3. The van der Waals surface area contributed by atoms with Crippen LogP contribution in [0.2, 0.25) is 0 Å². The molecule has 1 aromatic heterocycles. The van der Waals surface area contributed by atoms with E-state index in [0.717, 1.165) is 5.56 Å². The van der Waals surface area contributed by atoms with Crippen LogP contribution in [0.5, 0.6) is 0 Å². The molecule has 2 heterocycles. The fourth-order valence-corrected chi connectivity index (χ4v) is 2.29. The lowest BCUT2D eigenvalue weighted by atomic mass is 9.96. The summed E-state index contributed by atoms with van der Waals surface area (Å²) in [7, 11) is 1.37. The molecule has 6 nitrogen and oxygen atoms in total. The third kappa shape index (κ3) is 3.69. The molecule has 1 aromatic rings. The molecule has 1 N–H and O–H groups in total. The summed E-state index contributed by atoms with van der Waals surface area (Å²) < 4.78 is 4.67. The Morgan fingerprint density at radius 1 is 1.35 bits per heavy atom. The smallest absolute Gasteiger partial charge is 0.409 e. The van der Waals surface area contributed by atoms with Gasteiger partial charge in [0.1, 0.15) is 0 Å². The van der Waals surface area contributed by atoms with Crippen molar-refractivity contribution in [2.45, 2.75) is 19.4 Å². The van der Waals surface area contributed by atoms with Crippen molar-refractivity contribution in [3.05, 3.63) is 30.1 Å². The Morgan fingerprint density at radius 3 is 2.60 bits per heavy atom. The van der Waals surface area contributed by atoms with Crippen LogP contribution >= 0.6 is 0 Å². The summed E-state index contributed by atoms with van der Waals surface area (Å²) in [5.74, 6) is 0.0177. The van der Waals surface area contributed by atoms with E-state index in [9.17, 15) is 9.59 Å². The SMILES string of the molecule is COC(=O)N1CCC(C(=O)NCc2ccncc2)CC1. The Labute approximate surface area is 118 Å². The highest BCUT2D eigenvalue weighted by molar-refractivity contribution is 5.79. The predicted molar refractivity (Wildman–Crippen MR) is 72.8 cm³/mol. The van der Waals surface area contributed by atoms with Gasteiger partial charge in [-0.1, -0.05) is 0 Å². The summed E-state index contributed by atoms with van der Waals surface area (Å²) in [6.45, 7) is 1.65. The summed E-state index contributed by atoms with van der Waals surface area (Å²) in [5, 5.41) is 2.93. The minimum absolute atomic E-state index is 0.0299. The summed E-state index contributed by atoms with van der Waals surface area (Å²) in [4.78, 5) is 29.0. The quantitative estimate of drug-likeness (QED) is 0.900. The molecule has 0 aliphatic carbocycles. The van der Waals surface area contributed by atoms with Gasteiger partial charge in [-0.25, -0.2) is 4.79 Å². The number of amides is 2. The van der Waals surface area contributed by atoms with E-state index in [4.69, 9.17) is 0 Å². The third-order valence-corrected chi connectivity index (χ3v) is 3.51. The highest BCUT2D eigenvalue weighted by atomic mass is 16.5. The molecule has 1 fully saturated rings. The van der Waals surface area contributed by atoms with Crippen molar-refractivity contribution in [3.63, 3.8) is 0 Å². The Morgan fingerprint density at radius 2 is 2.00 bits per heavy atom. The van der Waals surface area contributed by atoms with Gasteiger partial charge in [0.15, 0.2) is 0 Å². The van der Waals surface area contributed by atoms with Crippen molar-refractivity contribution in [3.8, 4) is 0 Å². The summed E-state index contributed by atoms with van der Waals surface area (Å²) in [6.07, 6.45) is 4.45. The number of ether oxygens (including phenoxy) is 1. The van der Waals surface area contributed by atoms with E-state index < -0.39 is 0 Å². The van der Waals surface area contributed by atoms with Crippen LogP contribution in [0.4, 0.5) is 4.79 Å². The number of methoxy groups -OCH3 is 1. The lowest BCUT2D eigenvalue weighted by Gasteiger charge is -2.30. The minimum atomic E-state index is -0.319. The van der Waals surface area contributed by atoms with E-state index in [-0.39, 0.29) is 17.9 Å². The lowest BCUT2D eigenvalue weighted by molar-refractivity contribution is -0.126. The van der Waals surface area contributed by atoms with Crippen LogP contribution < -0.4 is 5.32 Å². The number of piperidine rings is 1. The van der Waals surface area contributed by atoms with Gasteiger partial charge in [-0.05, 0) is 30.5 Å². The molecule has 0 radical (unpaired) electrons. The minimum Gasteiger partial charge on any atom is -0.453 e. The number of pyridine rings is 1. The Kier molecular flexibility index (Phi) is 4.92. The topological polar surface area (TPSA) is 71.5 Å². The van der Waals surface area contributed by atoms with Crippen molar-refractivity contribution in [2.75, 3.05) is 20.2 Å². The largest absolute Gasteiger partial charge is 0.453 e. The van der Waals surface area contributed by atoms with Crippen LogP contribution in [-0.2, 0) is 16.1 Å². The van der Waals surface area contributed by atoms with E-state index in [2.05, 4.69) is 15.0 Å². The van der Waals surface area contributed by atoms with Gasteiger partial charge in [-0.3, -0.25) is 9.78 Å². The molecule has 2 rings (SSSR count). The van der Waals surface area contributed by atoms with Crippen LogP contribution in [-0.4, -0.2) is 42.1 Å². The molecule has 0 bridgehead atoms. The van der Waals surface area contributed by atoms with E-state index in [1.54, 1.807) is 17.3 Å². The molecule has 0 atom stereocenters. The predicted octanol–water partition coefficient (Wildman–Crippen LogP) is 1.18. The molecule has 2 amide bonds. The van der Waals surface area contributed by atoms with Gasteiger partial charge in [0.25, 0.3) is 0 Å². The average Bonchev–Trinajstić information content (AvgIpc) is 2.53. The van der Waals surface area contributed by atoms with Crippen LogP contribution in [0.25, 0.3) is 0 Å². The maximum atomic E-state index is 12.1. The number of nitrogens with one attached hydrogen (secondary N) is 1. The van der Waals surface area contributed by atoms with Crippen molar-refractivity contribution in [1.82, 2.24) is 15.2 Å². The van der Waals surface area contributed by atoms with Gasteiger partial charge in [0.2, 0.25) is 5.91 Å². The number of hydrogen-bond donors (Lipinski definition) is 1. The van der Waals surface area contributed by atoms with Crippen LogP contribution in [0.3, 0.4) is 0 Å². The summed E-state index contributed by atoms with van der Waals surface area (Å²) in [6, 6.07) is 3.75. The highest BCUT2D eigenvalue weighted by Gasteiger charge is 2.27. The molecule has 0 unspecified atom stereocenters. The first-order chi connectivity index (χ1) is 9.70. The van der Waals surface area contributed by atoms with E-state index in [1.165, 1.54) is 7.11 Å². The van der Waals surface area contributed by atoms with Crippen molar-refractivity contribution in [1.29, 1.82) is 0 Å². The number of hydrogen-bond acceptors (Lipinski definition) is 4. The average molecular weight is 277 g/mol. The van der Waals surface area contributed by atoms with Crippen molar-refractivity contribution >= 4 is 12.0 Å². The Hall–Kier alpha value is -2.11. The fraction of sp³-hybridized carbons (Fsp3) is 0.500. The zero-order valence-electron chi connectivity index (χ0n) is 11.5. The fourth-order valence-electron chi connectivity index (χ4n) is 2.29. The van der Waals surface area contributed by atoms with Gasteiger partial charge in [-0.15, -0.1) is 0 Å². The highest BCUT2D eigenvalue weighted by Crippen LogP contribution is 2.18. The summed E-state index contributed by atoms with van der Waals surface area (Å²) >= 11 is 0. The maximum absolute atomic E-state index is 12.1. The molecule has 108 valence electrons. The molecule has 0 saturated carbocycles. The number of nitrogens with zero attached hydrogens (tertiary/aromatic N) is 2. The van der Waals surface area contributed by atoms with E-state index >= 15 is 0 Å². The van der Waals surface area contributed by atoms with Gasteiger partial charge < -0.3 is 15.0 Å². The zero-order valence-corrected chi connectivity index (χ0v) is 11.5. The molecule has 1 saturated heterocycles. The second-order valence-electron chi connectivity index (χ2n) is 4.80. The molecular weight excluding hydrogens is 258 g/mol. The van der Waals surface area contributed by atoms with E-state index in [1.807, 2.05) is 12.1 Å². The number of carbonyl (C=O) groups is 2. The molecule has 20 heavy (non-hydrogen) atoms. The molecule has 1 aliphatic rings. The standard InChI is InChI=1S/C14H19N3O3/c1-20-14(19)17-8-4-12(5-9-17)13(18)16-10-11-2-6-15-7-3-11/h2-3,6-7,12H,4-5,8-10H2,1H3,(H,16,18). The van der Waals surface area contributed by atoms with Gasteiger partial charge in [-0.2, -0.15) is 0 Å². The molecule has 6 heteroatoms. The lowest BCUT2D eigenvalue weighted by Crippen LogP contribution is -2.42. The maximum Gasteiger partial charge on any atom is 0.409 e. The van der Waals surface area contributed by atoms with Crippen LogP contribution in [0.1, 0.15) is 18.4 Å². The first-order valence-electron chi connectivity index (χ1n) is 6.70. The first-order valence-corrected chi connectivity index (χ1v) is 6.70. The summed E-state index contributed by atoms with van der Waals surface area (Å²) in [5.41, 5.74) is 1.03. The molecular formula is C14H19N3O3. The van der Waals surface area contributed by atoms with Crippen LogP contribution in [0.15, 0.2) is 24.5 Å². The normalized spacial score (nSPS) is 15.8. The third-order valence-electron chi connectivity index (χ3n) is 3.51. The Balaban J connectivity index is 1.76. The zero-order chi connectivity index (χ0) is 14.4. The number of carbonyl (C=O) groups excluding carboxylic acids is 2.